The van der Waals surface area contributed by atoms with Crippen LogP contribution < -0.4 is 5.32 Å². The zero-order valence-electron chi connectivity index (χ0n) is 10.1. The van der Waals surface area contributed by atoms with Gasteiger partial charge in [-0.25, -0.2) is 4.39 Å². The van der Waals surface area contributed by atoms with Crippen LogP contribution in [0, 0.1) is 5.82 Å². The van der Waals surface area contributed by atoms with Crippen molar-refractivity contribution in [3.63, 3.8) is 0 Å². The molecule has 90 valence electrons. The molecule has 0 saturated heterocycles. The molecule has 16 heavy (non-hydrogen) atoms. The van der Waals surface area contributed by atoms with E-state index in [1.54, 1.807) is 6.07 Å². The van der Waals surface area contributed by atoms with E-state index in [0.717, 1.165) is 18.5 Å². The van der Waals surface area contributed by atoms with Gasteiger partial charge >= 0.3 is 0 Å². The van der Waals surface area contributed by atoms with Crippen molar-refractivity contribution in [3.05, 3.63) is 34.6 Å². The fourth-order valence-corrected chi connectivity index (χ4v) is 2.15. The Morgan fingerprint density at radius 3 is 2.56 bits per heavy atom. The lowest BCUT2D eigenvalue weighted by Gasteiger charge is -2.24. The van der Waals surface area contributed by atoms with Gasteiger partial charge in [-0.05, 0) is 36.6 Å². The van der Waals surface area contributed by atoms with Gasteiger partial charge in [-0.3, -0.25) is 0 Å². The summed E-state index contributed by atoms with van der Waals surface area (Å²) >= 11 is 5.79. The normalized spacial score (nSPS) is 14.8. The largest absolute Gasteiger partial charge is 0.314 e. The lowest BCUT2D eigenvalue weighted by Crippen LogP contribution is -2.33. The van der Waals surface area contributed by atoms with Crippen molar-refractivity contribution in [2.24, 2.45) is 0 Å². The maximum Gasteiger partial charge on any atom is 0.141 e. The van der Waals surface area contributed by atoms with E-state index < -0.39 is 0 Å². The first kappa shape index (κ1) is 13.5. The highest BCUT2D eigenvalue weighted by atomic mass is 35.5. The van der Waals surface area contributed by atoms with Crippen molar-refractivity contribution in [3.8, 4) is 0 Å². The van der Waals surface area contributed by atoms with Gasteiger partial charge in [0.2, 0.25) is 0 Å². The summed E-state index contributed by atoms with van der Waals surface area (Å²) in [6, 6.07) is 5.38. The number of hydrogen-bond donors (Lipinski definition) is 1. The monoisotopic (exact) mass is 243 g/mol. The van der Waals surface area contributed by atoms with Crippen LogP contribution in [0.25, 0.3) is 0 Å². The van der Waals surface area contributed by atoms with Crippen molar-refractivity contribution >= 4 is 11.6 Å². The molecule has 0 heterocycles. The van der Waals surface area contributed by atoms with E-state index in [4.69, 9.17) is 11.6 Å². The highest BCUT2D eigenvalue weighted by Crippen LogP contribution is 2.25. The second kappa shape index (κ2) is 6.21. The molecule has 2 unspecified atom stereocenters. The minimum Gasteiger partial charge on any atom is -0.314 e. The second-order valence-electron chi connectivity index (χ2n) is 4.03. The standard InChI is InChI=1S/C13H19ClFN/c1-4-13(16-5-2)9(3)10-6-7-12(15)11(14)8-10/h6-9,13,16H,4-5H2,1-3H3. The average Bonchev–Trinajstić information content (AvgIpc) is 2.28. The zero-order chi connectivity index (χ0) is 12.1. The number of benzene rings is 1. The smallest absolute Gasteiger partial charge is 0.141 e. The van der Waals surface area contributed by atoms with E-state index in [0.29, 0.717) is 12.0 Å². The van der Waals surface area contributed by atoms with Gasteiger partial charge in [-0.15, -0.1) is 0 Å². The number of rotatable bonds is 5. The molecule has 0 aromatic heterocycles. The number of nitrogens with one attached hydrogen (secondary N) is 1. The quantitative estimate of drug-likeness (QED) is 0.825. The van der Waals surface area contributed by atoms with Crippen LogP contribution in [-0.2, 0) is 0 Å². The van der Waals surface area contributed by atoms with Crippen LogP contribution in [0.15, 0.2) is 18.2 Å². The summed E-state index contributed by atoms with van der Waals surface area (Å²) in [4.78, 5) is 0. The Morgan fingerprint density at radius 1 is 1.38 bits per heavy atom. The summed E-state index contributed by atoms with van der Waals surface area (Å²) in [6.45, 7) is 7.32. The highest BCUT2D eigenvalue weighted by molar-refractivity contribution is 6.30. The lowest BCUT2D eigenvalue weighted by atomic mass is 9.91. The molecule has 0 aliphatic rings. The molecule has 0 aliphatic carbocycles. The topological polar surface area (TPSA) is 12.0 Å². The van der Waals surface area contributed by atoms with Crippen LogP contribution in [0.3, 0.4) is 0 Å². The lowest BCUT2D eigenvalue weighted by molar-refractivity contribution is 0.448. The zero-order valence-corrected chi connectivity index (χ0v) is 10.8. The molecule has 1 rings (SSSR count). The molecule has 1 aromatic carbocycles. The molecule has 0 fully saturated rings. The summed E-state index contributed by atoms with van der Waals surface area (Å²) in [5.41, 5.74) is 1.08. The fraction of sp³-hybridized carbons (Fsp3) is 0.538. The average molecular weight is 244 g/mol. The van der Waals surface area contributed by atoms with Crippen LogP contribution >= 0.6 is 11.6 Å². The Kier molecular flexibility index (Phi) is 5.23. The SMILES string of the molecule is CCNC(CC)C(C)c1ccc(F)c(Cl)c1. The molecule has 0 radical (unpaired) electrons. The molecule has 2 atom stereocenters. The minimum atomic E-state index is -0.353. The summed E-state index contributed by atoms with van der Waals surface area (Å²) in [6.07, 6.45) is 1.05. The van der Waals surface area contributed by atoms with Crippen molar-refractivity contribution in [1.29, 1.82) is 0 Å². The molecule has 0 saturated carbocycles. The van der Waals surface area contributed by atoms with Gasteiger partial charge in [-0.1, -0.05) is 38.4 Å². The maximum atomic E-state index is 13.0. The van der Waals surface area contributed by atoms with Gasteiger partial charge in [-0.2, -0.15) is 0 Å². The third-order valence-electron chi connectivity index (χ3n) is 2.98. The minimum absolute atomic E-state index is 0.204. The first-order valence-corrected chi connectivity index (χ1v) is 6.16. The van der Waals surface area contributed by atoms with Gasteiger partial charge in [0.25, 0.3) is 0 Å². The molecular formula is C13H19ClFN. The third kappa shape index (κ3) is 3.19. The fourth-order valence-electron chi connectivity index (χ4n) is 1.96. The Labute approximate surface area is 102 Å². The Balaban J connectivity index is 2.85. The Morgan fingerprint density at radius 2 is 2.06 bits per heavy atom. The first-order chi connectivity index (χ1) is 7.60. The number of halogens is 2. The highest BCUT2D eigenvalue weighted by Gasteiger charge is 2.17. The van der Waals surface area contributed by atoms with Gasteiger partial charge in [0.1, 0.15) is 5.82 Å². The van der Waals surface area contributed by atoms with Crippen molar-refractivity contribution in [1.82, 2.24) is 5.32 Å². The molecule has 0 aliphatic heterocycles. The molecule has 1 nitrogen and oxygen atoms in total. The molecule has 1 aromatic rings. The van der Waals surface area contributed by atoms with Gasteiger partial charge < -0.3 is 5.32 Å². The van der Waals surface area contributed by atoms with Crippen LogP contribution in [0.4, 0.5) is 4.39 Å². The second-order valence-corrected chi connectivity index (χ2v) is 4.44. The summed E-state index contributed by atoms with van der Waals surface area (Å²) < 4.78 is 13.0. The predicted octanol–water partition coefficient (Wildman–Crippen LogP) is 3.97. The van der Waals surface area contributed by atoms with E-state index in [1.807, 2.05) is 6.07 Å². The summed E-state index contributed by atoms with van der Waals surface area (Å²) in [7, 11) is 0. The van der Waals surface area contributed by atoms with Crippen LogP contribution in [0.2, 0.25) is 5.02 Å². The van der Waals surface area contributed by atoms with E-state index in [-0.39, 0.29) is 10.8 Å². The Bertz CT molecular complexity index is 341. The van der Waals surface area contributed by atoms with Crippen molar-refractivity contribution in [2.75, 3.05) is 6.54 Å². The number of likely N-dealkylation sites (N-methyl/N-ethyl adjacent to an activating group) is 1. The predicted molar refractivity (Wildman–Crippen MR) is 67.6 cm³/mol. The van der Waals surface area contributed by atoms with Crippen LogP contribution in [0.1, 0.15) is 38.7 Å². The molecule has 1 N–H and O–H groups in total. The van der Waals surface area contributed by atoms with Crippen LogP contribution in [0.5, 0.6) is 0 Å². The van der Waals surface area contributed by atoms with Gasteiger partial charge in [0, 0.05) is 6.04 Å². The molecule has 3 heteroatoms. The van der Waals surface area contributed by atoms with Gasteiger partial charge in [0.15, 0.2) is 0 Å². The van der Waals surface area contributed by atoms with Crippen LogP contribution in [-0.4, -0.2) is 12.6 Å². The van der Waals surface area contributed by atoms with E-state index in [1.165, 1.54) is 6.07 Å². The molecule has 0 bridgehead atoms. The molecule has 0 amide bonds. The van der Waals surface area contributed by atoms with Crippen molar-refractivity contribution in [2.45, 2.75) is 39.2 Å². The molecular weight excluding hydrogens is 225 g/mol. The summed E-state index contributed by atoms with van der Waals surface area (Å²) in [5.74, 6) is -0.0165. The van der Waals surface area contributed by atoms with E-state index in [2.05, 4.69) is 26.1 Å². The van der Waals surface area contributed by atoms with E-state index >= 15 is 0 Å². The number of hydrogen-bond acceptors (Lipinski definition) is 1. The van der Waals surface area contributed by atoms with Gasteiger partial charge in [0.05, 0.1) is 5.02 Å². The third-order valence-corrected chi connectivity index (χ3v) is 3.27. The molecule has 0 spiro atoms. The summed E-state index contributed by atoms with van der Waals surface area (Å²) in [5, 5.41) is 3.63. The van der Waals surface area contributed by atoms with Crippen molar-refractivity contribution < 1.29 is 4.39 Å². The van der Waals surface area contributed by atoms with E-state index in [9.17, 15) is 4.39 Å². The Hall–Kier alpha value is -0.600. The maximum absolute atomic E-state index is 13.0. The first-order valence-electron chi connectivity index (χ1n) is 5.78.